The fraction of sp³-hybridized carbons (Fsp3) is 1.00. The summed E-state index contributed by atoms with van der Waals surface area (Å²) >= 11 is 0. The van der Waals surface area contributed by atoms with Gasteiger partial charge in [0.25, 0.3) is 0 Å². The highest BCUT2D eigenvalue weighted by molar-refractivity contribution is 4.67. The standard InChI is InChI=1S/C8H17NO.ClH/c1-2-10-7-8-3-5-9-6-4-8;/h8-9H,2-7H2,1H3;1H/p-1. The zero-order valence-corrected chi connectivity index (χ0v) is 7.86. The maximum absolute atomic E-state index is 5.35. The number of piperidine rings is 1. The monoisotopic (exact) mass is 178 g/mol. The minimum atomic E-state index is 0. The summed E-state index contributed by atoms with van der Waals surface area (Å²) in [5.74, 6) is 0.821. The molecular formula is C8H17ClNO-. The van der Waals surface area contributed by atoms with E-state index in [0.717, 1.165) is 19.1 Å². The molecule has 1 N–H and O–H groups in total. The molecule has 1 saturated heterocycles. The second-order valence-corrected chi connectivity index (χ2v) is 2.85. The minimum absolute atomic E-state index is 0. The van der Waals surface area contributed by atoms with Crippen LogP contribution >= 0.6 is 0 Å². The maximum Gasteiger partial charge on any atom is 0.0495 e. The number of nitrogens with one attached hydrogen (secondary N) is 1. The molecule has 1 fully saturated rings. The van der Waals surface area contributed by atoms with Crippen molar-refractivity contribution in [2.45, 2.75) is 19.8 Å². The summed E-state index contributed by atoms with van der Waals surface area (Å²) in [6.45, 7) is 6.25. The quantitative estimate of drug-likeness (QED) is 0.542. The predicted octanol–water partition coefficient (Wildman–Crippen LogP) is -1.97. The van der Waals surface area contributed by atoms with Crippen molar-refractivity contribution < 1.29 is 17.1 Å². The summed E-state index contributed by atoms with van der Waals surface area (Å²) in [5, 5.41) is 3.34. The van der Waals surface area contributed by atoms with Crippen LogP contribution in [0.4, 0.5) is 0 Å². The molecule has 1 aliphatic heterocycles. The molecule has 1 heterocycles. The first-order chi connectivity index (χ1) is 4.93. The predicted molar refractivity (Wildman–Crippen MR) is 42.1 cm³/mol. The van der Waals surface area contributed by atoms with Crippen molar-refractivity contribution >= 4 is 0 Å². The molecule has 68 valence electrons. The Labute approximate surface area is 75.1 Å². The van der Waals surface area contributed by atoms with Crippen LogP contribution in [0.15, 0.2) is 0 Å². The minimum Gasteiger partial charge on any atom is -1.00 e. The van der Waals surface area contributed by atoms with E-state index < -0.39 is 0 Å². The number of ether oxygens (including phenoxy) is 1. The van der Waals surface area contributed by atoms with Crippen molar-refractivity contribution in [3.05, 3.63) is 0 Å². The maximum atomic E-state index is 5.35. The average molecular weight is 179 g/mol. The number of hydrogen-bond acceptors (Lipinski definition) is 2. The third-order valence-electron chi connectivity index (χ3n) is 2.02. The number of halogens is 1. The molecule has 0 aliphatic carbocycles. The molecule has 0 aromatic heterocycles. The molecule has 0 aromatic rings. The molecule has 0 radical (unpaired) electrons. The molecule has 1 aliphatic rings. The van der Waals surface area contributed by atoms with Gasteiger partial charge in [0.1, 0.15) is 0 Å². The molecule has 0 spiro atoms. The molecule has 2 nitrogen and oxygen atoms in total. The van der Waals surface area contributed by atoms with E-state index in [9.17, 15) is 0 Å². The van der Waals surface area contributed by atoms with E-state index in [-0.39, 0.29) is 12.4 Å². The van der Waals surface area contributed by atoms with Crippen LogP contribution in [0.5, 0.6) is 0 Å². The zero-order chi connectivity index (χ0) is 7.23. The highest BCUT2D eigenvalue weighted by atomic mass is 35.5. The number of hydrogen-bond donors (Lipinski definition) is 1. The Balaban J connectivity index is 0.000001000. The Kier molecular flexibility index (Phi) is 7.02. The first kappa shape index (κ1) is 11.2. The molecule has 0 atom stereocenters. The highest BCUT2D eigenvalue weighted by Crippen LogP contribution is 2.11. The summed E-state index contributed by atoms with van der Waals surface area (Å²) in [4.78, 5) is 0. The fourth-order valence-corrected chi connectivity index (χ4v) is 1.33. The van der Waals surface area contributed by atoms with Gasteiger partial charge >= 0.3 is 0 Å². The van der Waals surface area contributed by atoms with Crippen molar-refractivity contribution in [2.24, 2.45) is 5.92 Å². The van der Waals surface area contributed by atoms with Crippen molar-refractivity contribution in [1.82, 2.24) is 5.32 Å². The Morgan fingerprint density at radius 2 is 2.00 bits per heavy atom. The molecule has 11 heavy (non-hydrogen) atoms. The van der Waals surface area contributed by atoms with Gasteiger partial charge < -0.3 is 22.5 Å². The summed E-state index contributed by atoms with van der Waals surface area (Å²) < 4.78 is 5.35. The zero-order valence-electron chi connectivity index (χ0n) is 7.11. The lowest BCUT2D eigenvalue weighted by atomic mass is 9.99. The second-order valence-electron chi connectivity index (χ2n) is 2.85. The smallest absolute Gasteiger partial charge is 0.0495 e. The van der Waals surface area contributed by atoms with Gasteiger partial charge in [-0.1, -0.05) is 0 Å². The van der Waals surface area contributed by atoms with Crippen molar-refractivity contribution in [3.63, 3.8) is 0 Å². The molecule has 3 heteroatoms. The first-order valence-electron chi connectivity index (χ1n) is 4.22. The van der Waals surface area contributed by atoms with Crippen LogP contribution in [0, 0.1) is 5.92 Å². The van der Waals surface area contributed by atoms with Crippen LogP contribution in [0.25, 0.3) is 0 Å². The van der Waals surface area contributed by atoms with E-state index in [2.05, 4.69) is 12.2 Å². The first-order valence-corrected chi connectivity index (χ1v) is 4.22. The van der Waals surface area contributed by atoms with Crippen LogP contribution in [0.3, 0.4) is 0 Å². The van der Waals surface area contributed by atoms with E-state index in [0.29, 0.717) is 0 Å². The van der Waals surface area contributed by atoms with Gasteiger partial charge in [-0.05, 0) is 38.8 Å². The van der Waals surface area contributed by atoms with Gasteiger partial charge in [0.2, 0.25) is 0 Å². The van der Waals surface area contributed by atoms with Gasteiger partial charge in [-0.15, -0.1) is 0 Å². The van der Waals surface area contributed by atoms with Crippen LogP contribution in [0.1, 0.15) is 19.8 Å². The van der Waals surface area contributed by atoms with Gasteiger partial charge in [0.15, 0.2) is 0 Å². The van der Waals surface area contributed by atoms with E-state index in [1.54, 1.807) is 0 Å². The molecule has 0 amide bonds. The Morgan fingerprint density at radius 1 is 1.36 bits per heavy atom. The largest absolute Gasteiger partial charge is 1.00 e. The summed E-state index contributed by atoms with van der Waals surface area (Å²) in [7, 11) is 0. The lowest BCUT2D eigenvalue weighted by Gasteiger charge is -2.21. The Morgan fingerprint density at radius 3 is 2.55 bits per heavy atom. The fourth-order valence-electron chi connectivity index (χ4n) is 1.33. The Hall–Kier alpha value is 0.210. The van der Waals surface area contributed by atoms with Gasteiger partial charge in [-0.3, -0.25) is 0 Å². The molecular weight excluding hydrogens is 162 g/mol. The summed E-state index contributed by atoms with van der Waals surface area (Å²) in [6.07, 6.45) is 2.58. The Bertz CT molecular complexity index is 84.2. The van der Waals surface area contributed by atoms with Crippen LogP contribution in [-0.4, -0.2) is 26.3 Å². The molecule has 0 aromatic carbocycles. The van der Waals surface area contributed by atoms with Crippen LogP contribution in [-0.2, 0) is 4.74 Å². The molecule has 0 saturated carbocycles. The van der Waals surface area contributed by atoms with Crippen molar-refractivity contribution in [1.29, 1.82) is 0 Å². The summed E-state index contributed by atoms with van der Waals surface area (Å²) in [5.41, 5.74) is 0. The van der Waals surface area contributed by atoms with Gasteiger partial charge in [0.05, 0.1) is 0 Å². The average Bonchev–Trinajstić information content (AvgIpc) is 2.03. The van der Waals surface area contributed by atoms with Crippen molar-refractivity contribution in [3.8, 4) is 0 Å². The topological polar surface area (TPSA) is 21.3 Å². The third kappa shape index (κ3) is 4.62. The van der Waals surface area contributed by atoms with E-state index in [1.165, 1.54) is 25.9 Å². The van der Waals surface area contributed by atoms with Crippen LogP contribution in [0.2, 0.25) is 0 Å². The second kappa shape index (κ2) is 6.89. The highest BCUT2D eigenvalue weighted by Gasteiger charge is 2.11. The van der Waals surface area contributed by atoms with Gasteiger partial charge in [0, 0.05) is 13.2 Å². The van der Waals surface area contributed by atoms with Gasteiger partial charge in [-0.2, -0.15) is 0 Å². The summed E-state index contributed by atoms with van der Waals surface area (Å²) in [6, 6.07) is 0. The van der Waals surface area contributed by atoms with E-state index in [1.807, 2.05) is 0 Å². The lowest BCUT2D eigenvalue weighted by molar-refractivity contribution is -0.00000293. The third-order valence-corrected chi connectivity index (χ3v) is 2.02. The molecule has 1 rings (SSSR count). The number of rotatable bonds is 3. The SMILES string of the molecule is CCOCC1CCNCC1.[Cl-]. The van der Waals surface area contributed by atoms with Gasteiger partial charge in [-0.25, -0.2) is 0 Å². The van der Waals surface area contributed by atoms with Crippen LogP contribution < -0.4 is 17.7 Å². The normalized spacial score (nSPS) is 19.4. The van der Waals surface area contributed by atoms with E-state index >= 15 is 0 Å². The molecule has 0 unspecified atom stereocenters. The molecule has 0 bridgehead atoms. The van der Waals surface area contributed by atoms with Crippen molar-refractivity contribution in [2.75, 3.05) is 26.3 Å². The van der Waals surface area contributed by atoms with E-state index in [4.69, 9.17) is 4.74 Å². The lowest BCUT2D eigenvalue weighted by Crippen LogP contribution is -3.00.